The molecule has 2 aromatic rings. The largest absolute Gasteiger partial charge is 0.381 e. The Hall–Kier alpha value is -1.46. The molecule has 30 heavy (non-hydrogen) atoms. The van der Waals surface area contributed by atoms with Gasteiger partial charge in [-0.3, -0.25) is 9.39 Å². The van der Waals surface area contributed by atoms with Gasteiger partial charge in [-0.05, 0) is 43.7 Å². The first-order valence-corrected chi connectivity index (χ1v) is 10.9. The third-order valence-electron chi connectivity index (χ3n) is 5.95. The van der Waals surface area contributed by atoms with Gasteiger partial charge < -0.3 is 20.3 Å². The molecule has 8 nitrogen and oxygen atoms in total. The first kappa shape index (κ1) is 23.2. The van der Waals surface area contributed by atoms with Gasteiger partial charge in [0.05, 0.1) is 6.61 Å². The number of nitrogens with one attached hydrogen (secondary N) is 2. The van der Waals surface area contributed by atoms with Crippen molar-refractivity contribution < 1.29 is 4.74 Å². The van der Waals surface area contributed by atoms with Crippen LogP contribution in [0.5, 0.6) is 0 Å². The third-order valence-corrected chi connectivity index (χ3v) is 5.95. The van der Waals surface area contributed by atoms with Gasteiger partial charge in [0.1, 0.15) is 5.82 Å². The highest BCUT2D eigenvalue weighted by molar-refractivity contribution is 14.0. The number of hydrogen-bond donors (Lipinski definition) is 2. The van der Waals surface area contributed by atoms with Gasteiger partial charge in [-0.25, -0.2) is 0 Å². The first-order chi connectivity index (χ1) is 14.3. The molecule has 1 atom stereocenters. The molecule has 2 N–H and O–H groups in total. The smallest absolute Gasteiger partial charge is 0.191 e. The molecule has 0 saturated carbocycles. The van der Waals surface area contributed by atoms with Crippen LogP contribution in [0.25, 0.3) is 5.65 Å². The molecule has 2 aromatic heterocycles. The molecule has 4 rings (SSSR count). The summed E-state index contributed by atoms with van der Waals surface area (Å²) in [5, 5.41) is 15.6. The van der Waals surface area contributed by atoms with E-state index in [1.54, 1.807) is 0 Å². The number of fused-ring (bicyclic) bond motifs is 1. The molecule has 0 aromatic carbocycles. The second-order valence-corrected chi connectivity index (χ2v) is 8.10. The molecule has 2 saturated heterocycles. The number of hydrogen-bond acceptors (Lipinski definition) is 5. The fourth-order valence-corrected chi connectivity index (χ4v) is 4.26. The molecule has 9 heteroatoms. The highest BCUT2D eigenvalue weighted by Gasteiger charge is 2.24. The van der Waals surface area contributed by atoms with Gasteiger partial charge in [-0.15, -0.1) is 34.2 Å². The molecule has 0 radical (unpaired) electrons. The number of ether oxygens (including phenoxy) is 1. The van der Waals surface area contributed by atoms with Crippen molar-refractivity contribution in [2.24, 2.45) is 10.9 Å². The quantitative estimate of drug-likeness (QED) is 0.248. The molecule has 0 bridgehead atoms. The molecule has 2 aliphatic heterocycles. The van der Waals surface area contributed by atoms with Crippen LogP contribution in [0.4, 0.5) is 0 Å². The Bertz CT molecular complexity index is 798. The van der Waals surface area contributed by atoms with Gasteiger partial charge in [-0.1, -0.05) is 6.07 Å². The molecular weight excluding hydrogens is 493 g/mol. The van der Waals surface area contributed by atoms with Gasteiger partial charge >= 0.3 is 0 Å². The number of likely N-dealkylation sites (tertiary alicyclic amines) is 1. The average Bonchev–Trinajstić information content (AvgIpc) is 3.41. The van der Waals surface area contributed by atoms with E-state index < -0.39 is 0 Å². The van der Waals surface area contributed by atoms with Crippen LogP contribution in [0.3, 0.4) is 0 Å². The number of nitrogens with zero attached hydrogens (tertiary/aromatic N) is 5. The minimum Gasteiger partial charge on any atom is -0.381 e. The SMILES string of the molecule is CN=C(NCCCc1nnc2ccccn12)NC1CCN(CC2CCOC2)CC1.I. The maximum Gasteiger partial charge on any atom is 0.191 e. The summed E-state index contributed by atoms with van der Waals surface area (Å²) < 4.78 is 7.56. The van der Waals surface area contributed by atoms with Gasteiger partial charge in [0.2, 0.25) is 0 Å². The Labute approximate surface area is 195 Å². The number of guanidine groups is 1. The third kappa shape index (κ3) is 6.27. The number of aliphatic imine (C=N–C) groups is 1. The minimum atomic E-state index is 0. The zero-order valence-electron chi connectivity index (χ0n) is 17.8. The lowest BCUT2D eigenvalue weighted by atomic mass is 10.0. The van der Waals surface area contributed by atoms with Crippen molar-refractivity contribution in [2.75, 3.05) is 46.4 Å². The lowest BCUT2D eigenvalue weighted by molar-refractivity contribution is 0.150. The van der Waals surface area contributed by atoms with Crippen LogP contribution in [0.15, 0.2) is 29.4 Å². The van der Waals surface area contributed by atoms with Crippen LogP contribution in [0.2, 0.25) is 0 Å². The standard InChI is InChI=1S/C21H33N7O.HI/c1-22-21(23-10-4-6-20-26-25-19-5-2-3-11-28(19)20)24-18-7-12-27(13-8-18)15-17-9-14-29-16-17;/h2-3,5,11,17-18H,4,6-10,12-16H2,1H3,(H2,22,23,24);1H. The van der Waals surface area contributed by atoms with E-state index in [1.807, 2.05) is 31.4 Å². The van der Waals surface area contributed by atoms with E-state index in [1.165, 1.54) is 25.8 Å². The summed E-state index contributed by atoms with van der Waals surface area (Å²) in [6.45, 7) is 6.26. The van der Waals surface area contributed by atoms with E-state index in [-0.39, 0.29) is 24.0 Å². The van der Waals surface area contributed by atoms with Gasteiger partial charge in [0, 0.05) is 58.5 Å². The van der Waals surface area contributed by atoms with E-state index in [2.05, 4.69) is 35.1 Å². The highest BCUT2D eigenvalue weighted by Crippen LogP contribution is 2.17. The zero-order chi connectivity index (χ0) is 19.9. The highest BCUT2D eigenvalue weighted by atomic mass is 127. The van der Waals surface area contributed by atoms with E-state index in [0.717, 1.165) is 69.0 Å². The fourth-order valence-electron chi connectivity index (χ4n) is 4.26. The average molecular weight is 527 g/mol. The van der Waals surface area contributed by atoms with Crippen LogP contribution in [0, 0.1) is 5.92 Å². The predicted octanol–water partition coefficient (Wildman–Crippen LogP) is 1.95. The number of aromatic nitrogens is 3. The molecule has 2 fully saturated rings. The number of rotatable bonds is 7. The second-order valence-electron chi connectivity index (χ2n) is 8.10. The Morgan fingerprint density at radius 3 is 2.87 bits per heavy atom. The van der Waals surface area contributed by atoms with Crippen molar-refractivity contribution in [3.8, 4) is 0 Å². The fraction of sp³-hybridized carbons (Fsp3) is 0.667. The minimum absolute atomic E-state index is 0. The van der Waals surface area contributed by atoms with Crippen LogP contribution >= 0.6 is 24.0 Å². The molecule has 0 aliphatic carbocycles. The van der Waals surface area contributed by atoms with Crippen molar-refractivity contribution in [3.63, 3.8) is 0 Å². The monoisotopic (exact) mass is 527 g/mol. The molecule has 4 heterocycles. The van der Waals surface area contributed by atoms with Crippen LogP contribution in [0.1, 0.15) is 31.5 Å². The molecule has 2 aliphatic rings. The molecule has 0 spiro atoms. The normalized spacial score (nSPS) is 21.0. The van der Waals surface area contributed by atoms with Crippen molar-refractivity contribution in [1.29, 1.82) is 0 Å². The predicted molar refractivity (Wildman–Crippen MR) is 130 cm³/mol. The summed E-state index contributed by atoms with van der Waals surface area (Å²) >= 11 is 0. The Morgan fingerprint density at radius 1 is 1.23 bits per heavy atom. The summed E-state index contributed by atoms with van der Waals surface area (Å²) in [6, 6.07) is 6.47. The van der Waals surface area contributed by atoms with Crippen LogP contribution in [-0.2, 0) is 11.2 Å². The molecule has 0 amide bonds. The lowest BCUT2D eigenvalue weighted by Gasteiger charge is -2.34. The van der Waals surface area contributed by atoms with Crippen molar-refractivity contribution >= 4 is 35.6 Å². The molecule has 166 valence electrons. The Kier molecular flexibility index (Phi) is 9.13. The van der Waals surface area contributed by atoms with Crippen molar-refractivity contribution in [2.45, 2.75) is 38.1 Å². The summed E-state index contributed by atoms with van der Waals surface area (Å²) in [5.41, 5.74) is 0.903. The van der Waals surface area contributed by atoms with Crippen molar-refractivity contribution in [3.05, 3.63) is 30.2 Å². The second kappa shape index (κ2) is 11.8. The molecule has 1 unspecified atom stereocenters. The van der Waals surface area contributed by atoms with Gasteiger partial charge in [0.25, 0.3) is 0 Å². The van der Waals surface area contributed by atoms with Crippen LogP contribution in [-0.4, -0.2) is 77.9 Å². The number of piperidine rings is 1. The zero-order valence-corrected chi connectivity index (χ0v) is 20.1. The van der Waals surface area contributed by atoms with Gasteiger partial charge in [0.15, 0.2) is 11.6 Å². The number of aryl methyl sites for hydroxylation is 1. The molecular formula is C21H34IN7O. The maximum atomic E-state index is 5.51. The van der Waals surface area contributed by atoms with Gasteiger partial charge in [-0.2, -0.15) is 0 Å². The van der Waals surface area contributed by atoms with Crippen molar-refractivity contribution in [1.82, 2.24) is 30.1 Å². The number of halogens is 1. The van der Waals surface area contributed by atoms with E-state index in [4.69, 9.17) is 4.74 Å². The number of pyridine rings is 1. The summed E-state index contributed by atoms with van der Waals surface area (Å²) in [5.74, 6) is 2.64. The summed E-state index contributed by atoms with van der Waals surface area (Å²) in [4.78, 5) is 6.99. The first-order valence-electron chi connectivity index (χ1n) is 10.9. The lowest BCUT2D eigenvalue weighted by Crippen LogP contribution is -2.49. The van der Waals surface area contributed by atoms with E-state index in [0.29, 0.717) is 6.04 Å². The Balaban J connectivity index is 0.00000256. The Morgan fingerprint density at radius 2 is 2.10 bits per heavy atom. The topological polar surface area (TPSA) is 79.1 Å². The van der Waals surface area contributed by atoms with Crippen LogP contribution < -0.4 is 10.6 Å². The van der Waals surface area contributed by atoms with E-state index in [9.17, 15) is 0 Å². The summed E-state index contributed by atoms with van der Waals surface area (Å²) in [6.07, 6.45) is 7.45. The maximum absolute atomic E-state index is 5.51. The summed E-state index contributed by atoms with van der Waals surface area (Å²) in [7, 11) is 1.84. The van der Waals surface area contributed by atoms with E-state index >= 15 is 0 Å².